The van der Waals surface area contributed by atoms with Gasteiger partial charge in [-0.15, -0.1) is 5.10 Å². The van der Waals surface area contributed by atoms with Crippen molar-refractivity contribution in [3.8, 4) is 28.5 Å². The van der Waals surface area contributed by atoms with E-state index in [4.69, 9.17) is 4.74 Å². The van der Waals surface area contributed by atoms with Gasteiger partial charge in [0.15, 0.2) is 17.4 Å². The number of methoxy groups -OCH3 is 1. The SMILES string of the molecule is COc1ccc2c(c1)CC(=CC(=O)Cn1nc(-c3ccc(F)cc3)nc1-c1ccc(F)cc1)CCC2. The number of ketones is 1. The third-order valence-electron chi connectivity index (χ3n) is 6.32. The van der Waals surface area contributed by atoms with Crippen LogP contribution in [0.2, 0.25) is 0 Å². The summed E-state index contributed by atoms with van der Waals surface area (Å²) in [6.07, 6.45) is 5.18. The van der Waals surface area contributed by atoms with E-state index < -0.39 is 0 Å². The van der Waals surface area contributed by atoms with Gasteiger partial charge in [0.2, 0.25) is 0 Å². The van der Waals surface area contributed by atoms with Crippen molar-refractivity contribution in [2.75, 3.05) is 7.11 Å². The van der Waals surface area contributed by atoms with Crippen LogP contribution in [0.25, 0.3) is 22.8 Å². The van der Waals surface area contributed by atoms with Crippen molar-refractivity contribution in [1.29, 1.82) is 0 Å². The number of nitrogens with zero attached hydrogens (tertiary/aromatic N) is 3. The van der Waals surface area contributed by atoms with Crippen LogP contribution in [0.4, 0.5) is 8.78 Å². The molecular weight excluding hydrogens is 460 g/mol. The van der Waals surface area contributed by atoms with Crippen LogP contribution >= 0.6 is 0 Å². The number of aromatic nitrogens is 3. The highest BCUT2D eigenvalue weighted by molar-refractivity contribution is 5.90. The van der Waals surface area contributed by atoms with Gasteiger partial charge in [0.25, 0.3) is 0 Å². The van der Waals surface area contributed by atoms with E-state index in [9.17, 15) is 13.6 Å². The third-order valence-corrected chi connectivity index (χ3v) is 6.32. The Kier molecular flexibility index (Phi) is 6.71. The monoisotopic (exact) mass is 485 g/mol. The second-order valence-electron chi connectivity index (χ2n) is 8.86. The topological polar surface area (TPSA) is 57.0 Å². The van der Waals surface area contributed by atoms with Crippen LogP contribution < -0.4 is 4.74 Å². The summed E-state index contributed by atoms with van der Waals surface area (Å²) in [6, 6.07) is 17.8. The summed E-state index contributed by atoms with van der Waals surface area (Å²) in [4.78, 5) is 17.8. The van der Waals surface area contributed by atoms with Crippen molar-refractivity contribution in [3.05, 3.63) is 101 Å². The number of fused-ring (bicyclic) bond motifs is 1. The average Bonchev–Trinajstić information content (AvgIpc) is 3.17. The van der Waals surface area contributed by atoms with Crippen molar-refractivity contribution in [1.82, 2.24) is 14.8 Å². The molecule has 7 heteroatoms. The molecule has 5 nitrogen and oxygen atoms in total. The summed E-state index contributed by atoms with van der Waals surface area (Å²) in [5, 5.41) is 4.54. The molecule has 0 spiro atoms. The average molecular weight is 486 g/mol. The first-order valence-electron chi connectivity index (χ1n) is 11.8. The van der Waals surface area contributed by atoms with Gasteiger partial charge in [0.05, 0.1) is 7.11 Å². The lowest BCUT2D eigenvalue weighted by Crippen LogP contribution is -2.12. The summed E-state index contributed by atoms with van der Waals surface area (Å²) in [5.41, 5.74) is 4.78. The quantitative estimate of drug-likeness (QED) is 0.249. The molecule has 182 valence electrons. The lowest BCUT2D eigenvalue weighted by atomic mass is 10.0. The fourth-order valence-corrected chi connectivity index (χ4v) is 4.51. The van der Waals surface area contributed by atoms with E-state index in [0.717, 1.165) is 30.6 Å². The minimum Gasteiger partial charge on any atom is -0.497 e. The first-order chi connectivity index (χ1) is 17.5. The molecule has 0 saturated carbocycles. The van der Waals surface area contributed by atoms with Gasteiger partial charge < -0.3 is 4.74 Å². The molecule has 1 aliphatic carbocycles. The second kappa shape index (κ2) is 10.2. The van der Waals surface area contributed by atoms with E-state index in [0.29, 0.717) is 29.2 Å². The summed E-state index contributed by atoms with van der Waals surface area (Å²) in [5.74, 6) is 0.787. The van der Waals surface area contributed by atoms with Gasteiger partial charge in [-0.1, -0.05) is 11.6 Å². The van der Waals surface area contributed by atoms with Crippen LogP contribution in [-0.4, -0.2) is 27.7 Å². The molecule has 1 aliphatic rings. The molecule has 0 radical (unpaired) electrons. The maximum absolute atomic E-state index is 13.5. The van der Waals surface area contributed by atoms with Crippen LogP contribution in [0, 0.1) is 11.6 Å². The predicted molar refractivity (Wildman–Crippen MR) is 134 cm³/mol. The van der Waals surface area contributed by atoms with E-state index in [-0.39, 0.29) is 24.0 Å². The summed E-state index contributed by atoms with van der Waals surface area (Å²) in [6.45, 7) is -0.0185. The van der Waals surface area contributed by atoms with Crippen LogP contribution in [0.5, 0.6) is 5.75 Å². The Labute approximate surface area is 208 Å². The fourth-order valence-electron chi connectivity index (χ4n) is 4.51. The van der Waals surface area contributed by atoms with Crippen LogP contribution in [0.1, 0.15) is 24.0 Å². The molecule has 0 aliphatic heterocycles. The number of rotatable bonds is 6. The maximum atomic E-state index is 13.5. The minimum atomic E-state index is -0.366. The Morgan fingerprint density at radius 2 is 1.64 bits per heavy atom. The molecule has 0 amide bonds. The Balaban J connectivity index is 1.44. The van der Waals surface area contributed by atoms with Gasteiger partial charge in [0, 0.05) is 11.1 Å². The van der Waals surface area contributed by atoms with Crippen LogP contribution in [0.3, 0.4) is 0 Å². The standard InChI is InChI=1S/C29H25F2N3O2/c1-36-27-14-9-20-4-2-3-19(15-23(20)17-27)16-26(35)18-34-29(22-7-12-25(31)13-8-22)32-28(33-34)21-5-10-24(30)11-6-21/h5-14,16-17H,2-4,15,18H2,1H3. The molecule has 5 rings (SSSR count). The van der Waals surface area contributed by atoms with Crippen molar-refractivity contribution in [2.24, 2.45) is 0 Å². The molecule has 0 atom stereocenters. The zero-order valence-electron chi connectivity index (χ0n) is 19.9. The Bertz CT molecular complexity index is 1420. The maximum Gasteiger partial charge on any atom is 0.181 e. The first kappa shape index (κ1) is 23.6. The number of allylic oxidation sites excluding steroid dienone is 2. The lowest BCUT2D eigenvalue weighted by molar-refractivity contribution is -0.115. The third kappa shape index (κ3) is 5.25. The molecule has 1 heterocycles. The number of benzene rings is 3. The largest absolute Gasteiger partial charge is 0.497 e. The zero-order valence-corrected chi connectivity index (χ0v) is 19.9. The van der Waals surface area contributed by atoms with Gasteiger partial charge >= 0.3 is 0 Å². The molecule has 0 unspecified atom stereocenters. The van der Waals surface area contributed by atoms with Crippen molar-refractivity contribution in [2.45, 2.75) is 32.2 Å². The fraction of sp³-hybridized carbons (Fsp3) is 0.207. The Morgan fingerprint density at radius 1 is 0.944 bits per heavy atom. The van der Waals surface area contributed by atoms with Crippen LogP contribution in [-0.2, 0) is 24.2 Å². The van der Waals surface area contributed by atoms with Crippen LogP contribution in [0.15, 0.2) is 78.4 Å². The lowest BCUT2D eigenvalue weighted by Gasteiger charge is -2.09. The molecule has 3 aromatic carbocycles. The first-order valence-corrected chi connectivity index (χ1v) is 11.8. The van der Waals surface area contributed by atoms with Crippen molar-refractivity contribution < 1.29 is 18.3 Å². The Morgan fingerprint density at radius 3 is 2.33 bits per heavy atom. The Hall–Kier alpha value is -4.13. The van der Waals surface area contributed by atoms with Crippen molar-refractivity contribution in [3.63, 3.8) is 0 Å². The zero-order chi connectivity index (χ0) is 25.1. The molecule has 0 N–H and O–H groups in total. The van der Waals surface area contributed by atoms with Crippen molar-refractivity contribution >= 4 is 5.78 Å². The highest BCUT2D eigenvalue weighted by Crippen LogP contribution is 2.28. The molecular formula is C29H25F2N3O2. The van der Waals surface area contributed by atoms with E-state index in [2.05, 4.69) is 16.1 Å². The molecule has 0 fully saturated rings. The number of aryl methyl sites for hydroxylation is 1. The highest BCUT2D eigenvalue weighted by Gasteiger charge is 2.18. The smallest absolute Gasteiger partial charge is 0.181 e. The number of hydrogen-bond acceptors (Lipinski definition) is 4. The minimum absolute atomic E-state index is 0.0185. The normalized spacial score (nSPS) is 14.4. The van der Waals surface area contributed by atoms with Gasteiger partial charge in [-0.2, -0.15) is 0 Å². The van der Waals surface area contributed by atoms with E-state index in [1.54, 1.807) is 37.5 Å². The summed E-state index contributed by atoms with van der Waals surface area (Å²) >= 11 is 0. The van der Waals surface area contributed by atoms with Gasteiger partial charge in [-0.25, -0.2) is 18.4 Å². The van der Waals surface area contributed by atoms with Gasteiger partial charge in [0.1, 0.15) is 23.9 Å². The van der Waals surface area contributed by atoms with Gasteiger partial charge in [-0.05, 0) is 104 Å². The molecule has 0 saturated heterocycles. The molecule has 36 heavy (non-hydrogen) atoms. The molecule has 0 bridgehead atoms. The summed E-state index contributed by atoms with van der Waals surface area (Å²) in [7, 11) is 1.65. The number of carbonyl (C=O) groups is 1. The second-order valence-corrected chi connectivity index (χ2v) is 8.86. The molecule has 4 aromatic rings. The van der Waals surface area contributed by atoms with E-state index >= 15 is 0 Å². The predicted octanol–water partition coefficient (Wildman–Crippen LogP) is 5.97. The van der Waals surface area contributed by atoms with E-state index in [1.165, 1.54) is 40.1 Å². The summed E-state index contributed by atoms with van der Waals surface area (Å²) < 4.78 is 33.8. The number of ether oxygens (including phenoxy) is 1. The number of carbonyl (C=O) groups excluding carboxylic acids is 1. The van der Waals surface area contributed by atoms with Gasteiger partial charge in [-0.3, -0.25) is 4.79 Å². The van der Waals surface area contributed by atoms with E-state index in [1.807, 2.05) is 12.1 Å². The highest BCUT2D eigenvalue weighted by atomic mass is 19.1. The number of halogens is 2. The molecule has 1 aromatic heterocycles. The number of hydrogen-bond donors (Lipinski definition) is 0.